The van der Waals surface area contributed by atoms with E-state index in [1.165, 1.54) is 4.90 Å². The Morgan fingerprint density at radius 2 is 2.00 bits per heavy atom. The summed E-state index contributed by atoms with van der Waals surface area (Å²) in [5.74, 6) is -0.473. The predicted octanol–water partition coefficient (Wildman–Crippen LogP) is 1.50. The van der Waals surface area contributed by atoms with E-state index >= 15 is 0 Å². The molecule has 0 aliphatic carbocycles. The monoisotopic (exact) mass is 350 g/mol. The number of ether oxygens (including phenoxy) is 1. The number of hydrogen-bond acceptors (Lipinski definition) is 4. The lowest BCUT2D eigenvalue weighted by atomic mass is 10.3. The summed E-state index contributed by atoms with van der Waals surface area (Å²) < 4.78 is 7.07. The van der Waals surface area contributed by atoms with Gasteiger partial charge in [0.05, 0.1) is 18.4 Å². The van der Waals surface area contributed by atoms with Crippen molar-refractivity contribution in [1.82, 2.24) is 20.0 Å². The average Bonchev–Trinajstić information content (AvgIpc) is 2.93. The number of aromatic nitrogens is 2. The Hall–Kier alpha value is -2.54. The smallest absolute Gasteiger partial charge is 0.261 e. The Morgan fingerprint density at radius 1 is 1.33 bits per heavy atom. The molecule has 0 saturated carbocycles. The summed E-state index contributed by atoms with van der Waals surface area (Å²) in [4.78, 5) is 24.8. The van der Waals surface area contributed by atoms with Crippen molar-refractivity contribution in [2.24, 2.45) is 0 Å². The van der Waals surface area contributed by atoms with E-state index in [9.17, 15) is 9.59 Å². The zero-order valence-corrected chi connectivity index (χ0v) is 14.4. The molecule has 0 spiro atoms. The lowest BCUT2D eigenvalue weighted by molar-refractivity contribution is -0.133. The topological polar surface area (TPSA) is 76.5 Å². The summed E-state index contributed by atoms with van der Waals surface area (Å²) >= 11 is 6.11. The number of carbonyl (C=O) groups is 2. The van der Waals surface area contributed by atoms with Gasteiger partial charge in [-0.25, -0.2) is 4.68 Å². The maximum atomic E-state index is 12.0. The van der Waals surface area contributed by atoms with Gasteiger partial charge < -0.3 is 15.0 Å². The first-order valence-electron chi connectivity index (χ1n) is 7.33. The number of likely N-dealkylation sites (N-methyl/N-ethyl adjacent to an activating group) is 1. The Balaban J connectivity index is 1.99. The normalized spacial score (nSPS) is 11.7. The molecular formula is C16H19ClN4O3. The fourth-order valence-corrected chi connectivity index (χ4v) is 1.99. The minimum Gasteiger partial charge on any atom is -0.462 e. The first kappa shape index (κ1) is 17.8. The van der Waals surface area contributed by atoms with Crippen LogP contribution in [0, 0.1) is 0 Å². The fourth-order valence-electron chi connectivity index (χ4n) is 1.82. The molecule has 0 aliphatic rings. The van der Waals surface area contributed by atoms with E-state index in [0.29, 0.717) is 5.02 Å². The maximum Gasteiger partial charge on any atom is 0.261 e. The second kappa shape index (κ2) is 7.83. The van der Waals surface area contributed by atoms with E-state index in [1.807, 2.05) is 30.3 Å². The number of nitrogens with one attached hydrogen (secondary N) is 1. The highest BCUT2D eigenvalue weighted by atomic mass is 35.5. The molecule has 2 aromatic rings. The molecule has 0 unspecified atom stereocenters. The van der Waals surface area contributed by atoms with E-state index in [0.717, 1.165) is 5.69 Å². The molecule has 1 aromatic heterocycles. The van der Waals surface area contributed by atoms with Crippen molar-refractivity contribution >= 4 is 23.4 Å². The SMILES string of the molecule is C[C@@H](Oc1nn(-c2ccccc2)cc1Cl)C(=O)NCC(=O)N(C)C. The molecule has 2 amide bonds. The second-order valence-electron chi connectivity index (χ2n) is 5.33. The van der Waals surface area contributed by atoms with Crippen LogP contribution in [0.5, 0.6) is 5.88 Å². The molecule has 0 fully saturated rings. The van der Waals surface area contributed by atoms with E-state index in [1.54, 1.807) is 31.9 Å². The van der Waals surface area contributed by atoms with Crippen LogP contribution in [-0.4, -0.2) is 53.2 Å². The van der Waals surface area contributed by atoms with Crippen LogP contribution >= 0.6 is 11.6 Å². The van der Waals surface area contributed by atoms with Gasteiger partial charge in [-0.2, -0.15) is 0 Å². The quantitative estimate of drug-likeness (QED) is 0.856. The zero-order valence-electron chi connectivity index (χ0n) is 13.7. The van der Waals surface area contributed by atoms with Crippen LogP contribution in [0.4, 0.5) is 0 Å². The molecule has 1 aromatic carbocycles. The summed E-state index contributed by atoms with van der Waals surface area (Å²) in [5, 5.41) is 7.04. The van der Waals surface area contributed by atoms with E-state index in [-0.39, 0.29) is 18.3 Å². The molecular weight excluding hydrogens is 332 g/mol. The molecule has 1 heterocycles. The van der Waals surface area contributed by atoms with Crippen LogP contribution in [0.15, 0.2) is 36.5 Å². The Morgan fingerprint density at radius 3 is 2.62 bits per heavy atom. The molecule has 7 nitrogen and oxygen atoms in total. The van der Waals surface area contributed by atoms with Crippen molar-refractivity contribution in [2.45, 2.75) is 13.0 Å². The molecule has 0 saturated heterocycles. The predicted molar refractivity (Wildman–Crippen MR) is 90.4 cm³/mol. The van der Waals surface area contributed by atoms with Gasteiger partial charge in [-0.3, -0.25) is 9.59 Å². The summed E-state index contributed by atoms with van der Waals surface area (Å²) in [6.45, 7) is 1.47. The lowest BCUT2D eigenvalue weighted by Gasteiger charge is -2.14. The standard InChI is InChI=1S/C16H19ClN4O3/c1-11(15(23)18-9-14(22)20(2)3)24-16-13(17)10-21(19-16)12-7-5-4-6-8-12/h4-8,10-11H,9H2,1-3H3,(H,18,23)/t11-/m1/s1. The number of nitrogens with zero attached hydrogens (tertiary/aromatic N) is 3. The summed E-state index contributed by atoms with van der Waals surface area (Å²) in [5.41, 5.74) is 0.822. The van der Waals surface area contributed by atoms with Gasteiger partial charge in [0.1, 0.15) is 5.02 Å². The van der Waals surface area contributed by atoms with Crippen molar-refractivity contribution in [1.29, 1.82) is 0 Å². The second-order valence-corrected chi connectivity index (χ2v) is 5.74. The third kappa shape index (κ3) is 4.48. The molecule has 1 N–H and O–H groups in total. The molecule has 8 heteroatoms. The minimum atomic E-state index is -0.836. The van der Waals surface area contributed by atoms with Gasteiger partial charge >= 0.3 is 0 Å². The van der Waals surface area contributed by atoms with Crippen molar-refractivity contribution in [2.75, 3.05) is 20.6 Å². The number of halogens is 1. The molecule has 2 rings (SSSR count). The number of benzene rings is 1. The molecule has 1 atom stereocenters. The average molecular weight is 351 g/mol. The minimum absolute atomic E-state index is 0.0915. The summed E-state index contributed by atoms with van der Waals surface area (Å²) in [6, 6.07) is 9.40. The van der Waals surface area contributed by atoms with Crippen molar-refractivity contribution in [3.63, 3.8) is 0 Å². The first-order chi connectivity index (χ1) is 11.4. The lowest BCUT2D eigenvalue weighted by Crippen LogP contribution is -2.42. The van der Waals surface area contributed by atoms with E-state index in [2.05, 4.69) is 10.4 Å². The van der Waals surface area contributed by atoms with Gasteiger partial charge in [0.25, 0.3) is 11.8 Å². The molecule has 128 valence electrons. The van der Waals surface area contributed by atoms with Gasteiger partial charge in [0.15, 0.2) is 6.10 Å². The summed E-state index contributed by atoms with van der Waals surface area (Å²) in [6.07, 6.45) is 0.767. The highest BCUT2D eigenvalue weighted by Crippen LogP contribution is 2.24. The number of carbonyl (C=O) groups excluding carboxylic acids is 2. The van der Waals surface area contributed by atoms with Crippen molar-refractivity contribution in [3.05, 3.63) is 41.6 Å². The maximum absolute atomic E-state index is 12.0. The van der Waals surface area contributed by atoms with Crippen LogP contribution in [-0.2, 0) is 9.59 Å². The van der Waals surface area contributed by atoms with Gasteiger partial charge in [-0.15, -0.1) is 5.10 Å². The van der Waals surface area contributed by atoms with Gasteiger partial charge in [0.2, 0.25) is 5.91 Å². The van der Waals surface area contributed by atoms with Gasteiger partial charge in [-0.1, -0.05) is 29.8 Å². The number of rotatable bonds is 6. The summed E-state index contributed by atoms with van der Waals surface area (Å²) in [7, 11) is 3.23. The number of amides is 2. The van der Waals surface area contributed by atoms with Crippen molar-refractivity contribution in [3.8, 4) is 11.6 Å². The highest BCUT2D eigenvalue weighted by Gasteiger charge is 2.19. The van der Waals surface area contributed by atoms with E-state index in [4.69, 9.17) is 16.3 Å². The number of para-hydroxylation sites is 1. The van der Waals surface area contributed by atoms with Crippen LogP contribution in [0.25, 0.3) is 5.69 Å². The van der Waals surface area contributed by atoms with Crippen molar-refractivity contribution < 1.29 is 14.3 Å². The Labute approximate surface area is 145 Å². The van der Waals surface area contributed by atoms with Gasteiger partial charge in [0, 0.05) is 14.1 Å². The molecule has 0 bridgehead atoms. The van der Waals surface area contributed by atoms with E-state index < -0.39 is 12.0 Å². The zero-order chi connectivity index (χ0) is 17.7. The van der Waals surface area contributed by atoms with Crippen LogP contribution in [0.2, 0.25) is 5.02 Å². The fraction of sp³-hybridized carbons (Fsp3) is 0.312. The Kier molecular flexibility index (Phi) is 5.81. The largest absolute Gasteiger partial charge is 0.462 e. The number of hydrogen-bond donors (Lipinski definition) is 1. The third-order valence-corrected chi connectivity index (χ3v) is 3.49. The van der Waals surface area contributed by atoms with Crippen LogP contribution in [0.3, 0.4) is 0 Å². The molecule has 0 aliphatic heterocycles. The molecule has 24 heavy (non-hydrogen) atoms. The highest BCUT2D eigenvalue weighted by molar-refractivity contribution is 6.31. The van der Waals surface area contributed by atoms with Crippen LogP contribution in [0.1, 0.15) is 6.92 Å². The third-order valence-electron chi connectivity index (χ3n) is 3.23. The van der Waals surface area contributed by atoms with Crippen LogP contribution < -0.4 is 10.1 Å². The Bertz CT molecular complexity index is 715. The molecule has 0 radical (unpaired) electrons. The van der Waals surface area contributed by atoms with Gasteiger partial charge in [-0.05, 0) is 19.1 Å². The first-order valence-corrected chi connectivity index (χ1v) is 7.71.